The quantitative estimate of drug-likeness (QED) is 0.552. The van der Waals surface area contributed by atoms with Crippen molar-refractivity contribution in [2.24, 2.45) is 5.92 Å². The molecule has 1 aliphatic rings. The van der Waals surface area contributed by atoms with E-state index in [1.54, 1.807) is 13.8 Å². The Kier molecular flexibility index (Phi) is 8.11. The molecule has 0 radical (unpaired) electrons. The van der Waals surface area contributed by atoms with Gasteiger partial charge in [-0.15, -0.1) is 11.8 Å². The van der Waals surface area contributed by atoms with E-state index in [-0.39, 0.29) is 29.0 Å². The zero-order chi connectivity index (χ0) is 21.7. The van der Waals surface area contributed by atoms with Crippen molar-refractivity contribution in [1.82, 2.24) is 9.55 Å². The molecule has 162 valence electrons. The van der Waals surface area contributed by atoms with Gasteiger partial charge in [-0.05, 0) is 6.07 Å². The fourth-order valence-electron chi connectivity index (χ4n) is 2.48. The van der Waals surface area contributed by atoms with Crippen LogP contribution in [0.1, 0.15) is 20.1 Å². The SMILES string of the molecule is CC(C)C(=O)CSCC(=O)OC[C@H]1O[C@@H](n2ccc(N)nc2=O)C(F)[C@@H](F)[C@H]1O. The summed E-state index contributed by atoms with van der Waals surface area (Å²) in [5, 5.41) is 9.90. The topological polar surface area (TPSA) is 134 Å². The number of halogens is 2. The number of ketones is 1. The summed E-state index contributed by atoms with van der Waals surface area (Å²) in [6.45, 7) is 2.93. The first-order valence-electron chi connectivity index (χ1n) is 8.84. The third-order valence-corrected chi connectivity index (χ3v) is 5.17. The summed E-state index contributed by atoms with van der Waals surface area (Å²) in [5.41, 5.74) is 4.42. The predicted molar refractivity (Wildman–Crippen MR) is 101 cm³/mol. The Bertz CT molecular complexity index is 793. The number of ether oxygens (including phenoxy) is 2. The molecule has 0 aromatic carbocycles. The normalized spacial score (nSPS) is 27.0. The first-order chi connectivity index (χ1) is 13.6. The summed E-state index contributed by atoms with van der Waals surface area (Å²) in [6, 6.07) is 1.21. The van der Waals surface area contributed by atoms with Crippen LogP contribution in [-0.4, -0.2) is 69.1 Å². The Balaban J connectivity index is 1.96. The van der Waals surface area contributed by atoms with Crippen molar-refractivity contribution >= 4 is 29.3 Å². The second-order valence-electron chi connectivity index (χ2n) is 6.78. The van der Waals surface area contributed by atoms with Gasteiger partial charge in [0.25, 0.3) is 0 Å². The van der Waals surface area contributed by atoms with Gasteiger partial charge in [0.15, 0.2) is 18.6 Å². The Labute approximate surface area is 169 Å². The molecule has 5 atom stereocenters. The van der Waals surface area contributed by atoms with Crippen LogP contribution in [0.4, 0.5) is 14.6 Å². The molecule has 1 aliphatic heterocycles. The molecule has 1 aromatic rings. The highest BCUT2D eigenvalue weighted by Gasteiger charge is 2.47. The standard InChI is InChI=1S/C17H23F2N3O6S/c1-8(2)9(23)6-29-7-12(24)27-5-10-15(25)13(18)14(19)16(28-10)22-4-3-11(20)21-17(22)26/h3-4,8,10,13-16,25H,5-7H2,1-2H3,(H2,20,21,26)/t10-,13-,14?,15+,16-/m1/s1. The number of aromatic nitrogens is 2. The van der Waals surface area contributed by atoms with Gasteiger partial charge in [0, 0.05) is 12.1 Å². The molecule has 1 aromatic heterocycles. The van der Waals surface area contributed by atoms with E-state index in [0.717, 1.165) is 18.0 Å². The molecule has 1 unspecified atom stereocenters. The maximum atomic E-state index is 14.3. The van der Waals surface area contributed by atoms with Gasteiger partial charge in [0.1, 0.15) is 30.4 Å². The number of Topliss-reactive ketones (excluding diaryl/α,β-unsaturated/α-hetero) is 1. The van der Waals surface area contributed by atoms with Crippen LogP contribution in [0.5, 0.6) is 0 Å². The Morgan fingerprint density at radius 3 is 2.69 bits per heavy atom. The minimum atomic E-state index is -2.38. The number of alkyl halides is 2. The molecule has 3 N–H and O–H groups in total. The fraction of sp³-hybridized carbons (Fsp3) is 0.647. The van der Waals surface area contributed by atoms with Crippen molar-refractivity contribution in [3.63, 3.8) is 0 Å². The van der Waals surface area contributed by atoms with Gasteiger partial charge >= 0.3 is 11.7 Å². The number of carbonyl (C=O) groups excluding carboxylic acids is 2. The lowest BCUT2D eigenvalue weighted by molar-refractivity contribution is -0.223. The van der Waals surface area contributed by atoms with Crippen molar-refractivity contribution in [3.05, 3.63) is 22.7 Å². The number of hydrogen-bond acceptors (Lipinski definition) is 9. The van der Waals surface area contributed by atoms with Gasteiger partial charge in [-0.2, -0.15) is 4.98 Å². The Morgan fingerprint density at radius 1 is 1.38 bits per heavy atom. The second kappa shape index (κ2) is 10.1. The second-order valence-corrected chi connectivity index (χ2v) is 7.77. The van der Waals surface area contributed by atoms with Gasteiger partial charge < -0.3 is 20.3 Å². The van der Waals surface area contributed by atoms with Crippen molar-refractivity contribution in [2.75, 3.05) is 23.8 Å². The summed E-state index contributed by atoms with van der Waals surface area (Å²) < 4.78 is 39.5. The highest BCUT2D eigenvalue weighted by atomic mass is 32.2. The molecule has 0 amide bonds. The molecule has 2 rings (SSSR count). The summed E-state index contributed by atoms with van der Waals surface area (Å²) in [6.07, 6.45) is -8.65. The van der Waals surface area contributed by atoms with Crippen LogP contribution in [0, 0.1) is 5.92 Å². The van der Waals surface area contributed by atoms with Gasteiger partial charge in [-0.25, -0.2) is 13.6 Å². The number of anilines is 1. The van der Waals surface area contributed by atoms with E-state index in [1.165, 1.54) is 6.07 Å². The Hall–Kier alpha value is -2.05. The lowest BCUT2D eigenvalue weighted by Gasteiger charge is -2.38. The minimum Gasteiger partial charge on any atom is -0.462 e. The molecule has 0 bridgehead atoms. The first kappa shape index (κ1) is 23.2. The average Bonchev–Trinajstić information content (AvgIpc) is 2.66. The largest absolute Gasteiger partial charge is 0.462 e. The van der Waals surface area contributed by atoms with E-state index in [1.807, 2.05) is 0 Å². The van der Waals surface area contributed by atoms with Crippen molar-refractivity contribution in [2.45, 2.75) is 44.6 Å². The maximum absolute atomic E-state index is 14.3. The summed E-state index contributed by atoms with van der Waals surface area (Å²) >= 11 is 1.06. The number of hydrogen-bond donors (Lipinski definition) is 2. The number of aliphatic hydroxyl groups is 1. The number of nitrogen functional groups attached to an aromatic ring is 1. The number of thioether (sulfide) groups is 1. The molecule has 1 saturated heterocycles. The summed E-state index contributed by atoms with van der Waals surface area (Å²) in [4.78, 5) is 38.6. The lowest BCUT2D eigenvalue weighted by Crippen LogP contribution is -2.55. The molecule has 12 heteroatoms. The van der Waals surface area contributed by atoms with Gasteiger partial charge in [0.2, 0.25) is 0 Å². The van der Waals surface area contributed by atoms with Crippen LogP contribution >= 0.6 is 11.8 Å². The van der Waals surface area contributed by atoms with Crippen LogP contribution in [0.15, 0.2) is 17.1 Å². The smallest absolute Gasteiger partial charge is 0.351 e. The van der Waals surface area contributed by atoms with Gasteiger partial charge in [-0.3, -0.25) is 14.2 Å². The number of rotatable bonds is 8. The molecule has 2 heterocycles. The van der Waals surface area contributed by atoms with E-state index in [0.29, 0.717) is 4.57 Å². The van der Waals surface area contributed by atoms with Crippen LogP contribution < -0.4 is 11.4 Å². The highest BCUT2D eigenvalue weighted by Crippen LogP contribution is 2.31. The van der Waals surface area contributed by atoms with E-state index < -0.39 is 49.0 Å². The molecule has 29 heavy (non-hydrogen) atoms. The van der Waals surface area contributed by atoms with Crippen LogP contribution in [-0.2, 0) is 19.1 Å². The number of aliphatic hydroxyl groups excluding tert-OH is 1. The molecular formula is C17H23F2N3O6S. The zero-order valence-electron chi connectivity index (χ0n) is 15.9. The van der Waals surface area contributed by atoms with Gasteiger partial charge in [-0.1, -0.05) is 13.8 Å². The number of esters is 1. The molecule has 0 aliphatic carbocycles. The van der Waals surface area contributed by atoms with E-state index in [4.69, 9.17) is 15.2 Å². The van der Waals surface area contributed by atoms with Crippen molar-refractivity contribution in [3.8, 4) is 0 Å². The third kappa shape index (κ3) is 5.97. The molecule has 0 saturated carbocycles. The van der Waals surface area contributed by atoms with Crippen LogP contribution in [0.3, 0.4) is 0 Å². The minimum absolute atomic E-state index is 0.0199. The summed E-state index contributed by atoms with van der Waals surface area (Å²) in [7, 11) is 0. The number of nitrogens with zero attached hydrogens (tertiary/aromatic N) is 2. The van der Waals surface area contributed by atoms with Crippen molar-refractivity contribution in [1.29, 1.82) is 0 Å². The van der Waals surface area contributed by atoms with Gasteiger partial charge in [0.05, 0.1) is 11.5 Å². The van der Waals surface area contributed by atoms with Crippen LogP contribution in [0.2, 0.25) is 0 Å². The molecule has 1 fully saturated rings. The maximum Gasteiger partial charge on any atom is 0.351 e. The third-order valence-electron chi connectivity index (χ3n) is 4.24. The van der Waals surface area contributed by atoms with E-state index in [9.17, 15) is 28.3 Å². The monoisotopic (exact) mass is 435 g/mol. The molecule has 9 nitrogen and oxygen atoms in total. The van der Waals surface area contributed by atoms with Crippen LogP contribution in [0.25, 0.3) is 0 Å². The lowest BCUT2D eigenvalue weighted by atomic mass is 10.0. The first-order valence-corrected chi connectivity index (χ1v) is 9.99. The van der Waals surface area contributed by atoms with E-state index >= 15 is 0 Å². The molecular weight excluding hydrogens is 412 g/mol. The fourth-order valence-corrected chi connectivity index (χ4v) is 3.37. The predicted octanol–water partition coefficient (Wildman–Crippen LogP) is 0.262. The zero-order valence-corrected chi connectivity index (χ0v) is 16.7. The number of carbonyl (C=O) groups is 2. The average molecular weight is 435 g/mol. The summed E-state index contributed by atoms with van der Waals surface area (Å²) in [5.74, 6) is -0.968. The Morgan fingerprint density at radius 2 is 2.07 bits per heavy atom. The van der Waals surface area contributed by atoms with Crippen molar-refractivity contribution < 1.29 is 33.0 Å². The number of nitrogens with two attached hydrogens (primary N) is 1. The highest BCUT2D eigenvalue weighted by molar-refractivity contribution is 8.00. The molecule has 0 spiro atoms. The van der Waals surface area contributed by atoms with E-state index in [2.05, 4.69) is 4.98 Å².